The number of amidine groups is 2. The topological polar surface area (TPSA) is 472 Å². The minimum absolute atomic E-state index is 0.00725. The Kier molecular flexibility index (Phi) is 31.1. The summed E-state index contributed by atoms with van der Waals surface area (Å²) < 4.78 is 19.4. The molecule has 0 saturated heterocycles. The summed E-state index contributed by atoms with van der Waals surface area (Å²) in [5, 5.41) is 47.2. The molecule has 4 heterocycles. The van der Waals surface area contributed by atoms with Gasteiger partial charge in [-0.15, -0.1) is 11.6 Å². The monoisotopic (exact) mass is 1260 g/mol. The van der Waals surface area contributed by atoms with E-state index in [4.69, 9.17) is 92.4 Å². The van der Waals surface area contributed by atoms with Crippen LogP contribution in [0.5, 0.6) is 0 Å². The van der Waals surface area contributed by atoms with E-state index in [-0.39, 0.29) is 144 Å². The van der Waals surface area contributed by atoms with Crippen LogP contribution in [-0.4, -0.2) is 158 Å². The first kappa shape index (κ1) is 71.4. The van der Waals surface area contributed by atoms with Crippen LogP contribution in [0.15, 0.2) is 53.1 Å². The van der Waals surface area contributed by atoms with Crippen molar-refractivity contribution < 1.29 is 87.0 Å². The van der Waals surface area contributed by atoms with Crippen LogP contribution in [0.3, 0.4) is 0 Å². The lowest BCUT2D eigenvalue weighted by Gasteiger charge is -2.17. The maximum Gasteiger partial charge on any atom is 0.328 e. The van der Waals surface area contributed by atoms with E-state index >= 15 is 0 Å². The van der Waals surface area contributed by atoms with Crippen molar-refractivity contribution in [3.8, 4) is 0 Å². The maximum atomic E-state index is 12.5. The summed E-state index contributed by atoms with van der Waals surface area (Å²) in [7, 11) is 0. The average molecular weight is 1260 g/mol. The zero-order valence-corrected chi connectivity index (χ0v) is 48.3. The van der Waals surface area contributed by atoms with Crippen molar-refractivity contribution in [2.45, 2.75) is 97.2 Å². The molecule has 3 aromatic heterocycles. The van der Waals surface area contributed by atoms with E-state index in [0.717, 1.165) is 6.20 Å². The van der Waals surface area contributed by atoms with Gasteiger partial charge in [-0.2, -0.15) is 0 Å². The van der Waals surface area contributed by atoms with Gasteiger partial charge in [0.25, 0.3) is 17.7 Å². The highest BCUT2D eigenvalue weighted by Crippen LogP contribution is 2.23. The Labute approximate surface area is 498 Å². The number of amides is 5. The molecule has 5 amide bonds. The number of aliphatic hydroxyl groups excluding tert-OH is 1. The molecule has 13 N–H and O–H groups in total. The number of carbonyl (C=O) groups is 11. The Bertz CT molecular complexity index is 3000. The Morgan fingerprint density at radius 3 is 1.39 bits per heavy atom. The van der Waals surface area contributed by atoms with Crippen LogP contribution in [0.4, 0.5) is 17.1 Å². The average Bonchev–Trinajstić information content (AvgIpc) is 3.52. The number of rotatable bonds is 27. The Morgan fingerprint density at radius 2 is 1.01 bits per heavy atom. The molecule has 4 rings (SSSR count). The van der Waals surface area contributed by atoms with E-state index in [1.165, 1.54) is 30.6 Å². The Morgan fingerprint density at radius 1 is 0.607 bits per heavy atom. The fourth-order valence-electron chi connectivity index (χ4n) is 6.56. The van der Waals surface area contributed by atoms with Crippen molar-refractivity contribution >= 4 is 140 Å². The molecule has 30 nitrogen and oxygen atoms in total. The van der Waals surface area contributed by atoms with E-state index in [0.29, 0.717) is 5.69 Å². The number of alkyl halides is 1. The van der Waals surface area contributed by atoms with Gasteiger partial charge in [-0.05, 0) is 65.2 Å². The van der Waals surface area contributed by atoms with Crippen molar-refractivity contribution in [2.24, 2.45) is 10.7 Å². The third-order valence-electron chi connectivity index (χ3n) is 10.3. The third-order valence-corrected chi connectivity index (χ3v) is 11.4. The van der Waals surface area contributed by atoms with E-state index in [2.05, 4.69) is 46.5 Å². The van der Waals surface area contributed by atoms with Crippen LogP contribution in [0.1, 0.15) is 111 Å². The molecule has 34 heteroatoms. The number of aliphatic hydroxyl groups is 1. The predicted octanol–water partition coefficient (Wildman–Crippen LogP) is 3.90. The third kappa shape index (κ3) is 25.2. The summed E-state index contributed by atoms with van der Waals surface area (Å²) in [5.74, 6) is -9.14. The number of aliphatic imine (C=N–C) groups is 1. The zero-order chi connectivity index (χ0) is 63.2. The number of pyridine rings is 3. The minimum atomic E-state index is -1.46. The highest BCUT2D eigenvalue weighted by atomic mass is 35.5. The number of hydrogen-bond donors (Lipinski definition) is 11. The summed E-state index contributed by atoms with van der Waals surface area (Å²) in [6.45, 7) is 7.30. The molecule has 1 aliphatic heterocycles. The summed E-state index contributed by atoms with van der Waals surface area (Å²) in [5.41, 5.74) is 11.1. The van der Waals surface area contributed by atoms with Crippen LogP contribution in [0.25, 0.3) is 0 Å². The van der Waals surface area contributed by atoms with Crippen molar-refractivity contribution in [3.05, 3.63) is 80.3 Å². The van der Waals surface area contributed by atoms with Gasteiger partial charge in [-0.1, -0.05) is 34.8 Å². The molecule has 0 fully saturated rings. The molecule has 3 atom stereocenters. The van der Waals surface area contributed by atoms with Crippen molar-refractivity contribution in [2.75, 3.05) is 48.7 Å². The van der Waals surface area contributed by atoms with E-state index in [9.17, 15) is 57.8 Å². The molecule has 456 valence electrons. The molecule has 0 aromatic carbocycles. The largest absolute Gasteiger partial charge is 0.511 e. The molecule has 3 aromatic rings. The van der Waals surface area contributed by atoms with E-state index in [1.54, 1.807) is 27.7 Å². The highest BCUT2D eigenvalue weighted by molar-refractivity contribution is 6.35. The van der Waals surface area contributed by atoms with Crippen molar-refractivity contribution in [1.29, 1.82) is 5.41 Å². The number of nitrogens with two attached hydrogens (primary N) is 2. The van der Waals surface area contributed by atoms with Gasteiger partial charge in [0, 0.05) is 24.8 Å². The predicted molar refractivity (Wildman–Crippen MR) is 302 cm³/mol. The number of carbonyl (C=O) groups excluding carboxylic acids is 9. The number of aromatic nitrogens is 3. The molecular weight excluding hydrogens is 1200 g/mol. The van der Waals surface area contributed by atoms with Crippen LogP contribution < -0.4 is 38.1 Å². The number of ether oxygens (including phenoxy) is 4. The minimum Gasteiger partial charge on any atom is -0.511 e. The van der Waals surface area contributed by atoms with E-state index < -0.39 is 89.9 Å². The quantitative estimate of drug-likeness (QED) is 0.0293. The maximum absolute atomic E-state index is 12.5. The van der Waals surface area contributed by atoms with Crippen molar-refractivity contribution in [3.63, 3.8) is 0 Å². The van der Waals surface area contributed by atoms with Gasteiger partial charge in [-0.3, -0.25) is 43.8 Å². The molecule has 0 unspecified atom stereocenters. The number of carboxylic acids is 2. The SMILES string of the molecule is CCOC(=O)CC[C@H](NC(=O)c1ncc(N)cc1Cl)C(=O)OCC.CCOC(=O)CC[C@H](NC(=O)c1ncc(NC(=O)CCl)cc1Cl)C(=O)OCC.N=C1N=C(N)CC(O)=C1CC(=O)Nc1cnc(C(=O)N[C@@H](CCC(=O)O)C(=O)O)c(Cl)c1. The fourth-order valence-corrected chi connectivity index (χ4v) is 7.39. The first-order valence-corrected chi connectivity index (χ1v) is 26.6. The Hall–Kier alpha value is -8.74. The van der Waals surface area contributed by atoms with Crippen LogP contribution in [0, 0.1) is 5.41 Å². The number of esters is 4. The molecule has 0 saturated carbocycles. The van der Waals surface area contributed by atoms with Gasteiger partial charge in [0.05, 0.1) is 90.0 Å². The van der Waals surface area contributed by atoms with Crippen LogP contribution in [0.2, 0.25) is 15.1 Å². The second kappa shape index (κ2) is 36.7. The van der Waals surface area contributed by atoms with Gasteiger partial charge in [0.1, 0.15) is 52.7 Å². The molecule has 0 bridgehead atoms. The lowest BCUT2D eigenvalue weighted by Crippen LogP contribution is -2.42. The number of anilines is 3. The number of nitrogens with one attached hydrogen (secondary N) is 6. The first-order valence-electron chi connectivity index (χ1n) is 24.9. The molecule has 84 heavy (non-hydrogen) atoms. The van der Waals surface area contributed by atoms with Crippen LogP contribution >= 0.6 is 46.4 Å². The van der Waals surface area contributed by atoms with E-state index in [1.807, 2.05) is 0 Å². The summed E-state index contributed by atoms with van der Waals surface area (Å²) in [6, 6.07) is 0.347. The second-order valence-corrected chi connectivity index (χ2v) is 18.2. The molecule has 0 aliphatic carbocycles. The van der Waals surface area contributed by atoms with Crippen molar-refractivity contribution in [1.82, 2.24) is 30.9 Å². The summed E-state index contributed by atoms with van der Waals surface area (Å²) >= 11 is 23.4. The second-order valence-electron chi connectivity index (χ2n) is 16.7. The zero-order valence-electron chi connectivity index (χ0n) is 45.3. The smallest absolute Gasteiger partial charge is 0.328 e. The highest BCUT2D eigenvalue weighted by Gasteiger charge is 2.29. The summed E-state index contributed by atoms with van der Waals surface area (Å²) in [4.78, 5) is 145. The first-order chi connectivity index (χ1) is 39.7. The molecule has 0 spiro atoms. The molecule has 0 radical (unpaired) electrons. The lowest BCUT2D eigenvalue weighted by molar-refractivity contribution is -0.148. The molecule has 1 aliphatic rings. The number of halogens is 4. The fraction of sp³-hybridized carbons (Fsp3) is 0.400. The number of hydrogen-bond acceptors (Lipinski definition) is 22. The number of nitrogen functional groups attached to an aromatic ring is 1. The Balaban J connectivity index is 0.000000435. The van der Waals surface area contributed by atoms with Gasteiger partial charge in [0.15, 0.2) is 5.84 Å². The molecular formula is C50H60Cl4N12O18. The normalized spacial score (nSPS) is 12.5. The standard InChI is InChI=1S/C18H19ClN6O7.C17H21Cl2N3O6.C15H20ClN3O5/c19-9-3-7(23-13(27)4-8-11(26)5-12(20)25-16(8)21)6-22-15(9)17(30)24-10(18(31)32)1-2-14(28)29;1-3-27-14(24)6-5-12(17(26)28-4-2)22-16(25)15-11(19)7-10(9-20-15)21-13(23)8-18;1-3-23-12(20)6-5-11(15(22)24-4-2)19-14(21)13-10(16)7-9(17)8-18-13/h3,6,10,26H,1-2,4-5H2,(H,23,27)(H,24,30)(H,28,29)(H,31,32)(H3,20,21,25);7,9,12H,3-6,8H2,1-2H3,(H,21,23)(H,22,25);7-8,11H,3-6,17H2,1-2H3,(H,19,21)/t10-;12-;11-/m000/s1. The van der Waals surface area contributed by atoms with Crippen LogP contribution in [-0.2, 0) is 57.3 Å². The van der Waals surface area contributed by atoms with Gasteiger partial charge in [0.2, 0.25) is 11.8 Å². The number of aliphatic carboxylic acids is 2. The van der Waals surface area contributed by atoms with Gasteiger partial charge >= 0.3 is 35.8 Å². The summed E-state index contributed by atoms with van der Waals surface area (Å²) in [6.07, 6.45) is 2.26. The number of carboxylic acid groups (broad SMARTS) is 2. The van der Waals surface area contributed by atoms with Gasteiger partial charge < -0.3 is 72.3 Å². The lowest BCUT2D eigenvalue weighted by atomic mass is 10.0. The van der Waals surface area contributed by atoms with Gasteiger partial charge in [-0.25, -0.2) is 34.3 Å². The number of dihydropyridines is 1. The number of nitrogens with zero attached hydrogens (tertiary/aromatic N) is 4.